The fourth-order valence-corrected chi connectivity index (χ4v) is 3.11. The predicted molar refractivity (Wildman–Crippen MR) is 93.2 cm³/mol. The molecule has 1 atom stereocenters. The monoisotopic (exact) mass is 309 g/mol. The molecule has 1 amide bonds. The van der Waals surface area contributed by atoms with E-state index in [-0.39, 0.29) is 17.9 Å². The summed E-state index contributed by atoms with van der Waals surface area (Å²) in [6, 6.07) is 12.4. The first-order chi connectivity index (χ1) is 10.9. The van der Waals surface area contributed by atoms with Crippen molar-refractivity contribution in [3.8, 4) is 5.75 Å². The van der Waals surface area contributed by atoms with Crippen molar-refractivity contribution in [1.29, 1.82) is 0 Å². The highest BCUT2D eigenvalue weighted by atomic mass is 16.5. The highest BCUT2D eigenvalue weighted by molar-refractivity contribution is 5.95. The van der Waals surface area contributed by atoms with Crippen molar-refractivity contribution in [2.45, 2.75) is 46.1 Å². The molecule has 0 radical (unpaired) electrons. The predicted octanol–water partition coefficient (Wildman–Crippen LogP) is 4.56. The van der Waals surface area contributed by atoms with E-state index < -0.39 is 0 Å². The summed E-state index contributed by atoms with van der Waals surface area (Å²) in [5.41, 5.74) is 5.70. The van der Waals surface area contributed by atoms with E-state index in [2.05, 4.69) is 43.4 Å². The van der Waals surface area contributed by atoms with Gasteiger partial charge in [-0.2, -0.15) is 0 Å². The number of carbonyl (C=O) groups is 1. The Morgan fingerprint density at radius 2 is 1.87 bits per heavy atom. The third kappa shape index (κ3) is 3.24. The first kappa shape index (κ1) is 15.6. The van der Waals surface area contributed by atoms with Crippen molar-refractivity contribution in [3.05, 3.63) is 58.7 Å². The number of carbonyl (C=O) groups excluding carboxylic acids is 1. The van der Waals surface area contributed by atoms with Crippen LogP contribution in [0.1, 0.15) is 48.4 Å². The van der Waals surface area contributed by atoms with Crippen LogP contribution < -0.4 is 10.1 Å². The number of anilines is 1. The Kier molecular flexibility index (Phi) is 4.12. The van der Waals surface area contributed by atoms with E-state index in [9.17, 15) is 4.79 Å². The number of hydrogen-bond donors (Lipinski definition) is 1. The quantitative estimate of drug-likeness (QED) is 0.902. The molecule has 0 saturated carbocycles. The lowest BCUT2D eigenvalue weighted by Gasteiger charge is -2.27. The summed E-state index contributed by atoms with van der Waals surface area (Å²) < 4.78 is 5.80. The molecule has 1 N–H and O–H groups in total. The van der Waals surface area contributed by atoms with Gasteiger partial charge in [-0.15, -0.1) is 0 Å². The van der Waals surface area contributed by atoms with Gasteiger partial charge in [0.2, 0.25) is 5.91 Å². The topological polar surface area (TPSA) is 38.3 Å². The van der Waals surface area contributed by atoms with Crippen molar-refractivity contribution < 1.29 is 9.53 Å². The van der Waals surface area contributed by atoms with Gasteiger partial charge in [0.25, 0.3) is 0 Å². The number of fused-ring (bicyclic) bond motifs is 1. The standard InChI is InChI=1S/C20H23NO2/c1-12(2)23-16-7-5-6-15(10-16)17-11-20(22)21-19-9-14(4)13(3)8-18(17)19/h5-10,12,17H,11H2,1-4H3,(H,21,22). The Hall–Kier alpha value is -2.29. The first-order valence-corrected chi connectivity index (χ1v) is 8.11. The van der Waals surface area contributed by atoms with Gasteiger partial charge in [0.1, 0.15) is 5.75 Å². The van der Waals surface area contributed by atoms with Gasteiger partial charge in [0.15, 0.2) is 0 Å². The molecule has 3 heteroatoms. The van der Waals surface area contributed by atoms with Crippen molar-refractivity contribution in [1.82, 2.24) is 0 Å². The molecule has 1 heterocycles. The van der Waals surface area contributed by atoms with Crippen LogP contribution in [0.4, 0.5) is 5.69 Å². The second-order valence-electron chi connectivity index (χ2n) is 6.57. The lowest BCUT2D eigenvalue weighted by atomic mass is 9.83. The van der Waals surface area contributed by atoms with Crippen LogP contribution in [0.3, 0.4) is 0 Å². The fraction of sp³-hybridized carbons (Fsp3) is 0.350. The van der Waals surface area contributed by atoms with E-state index >= 15 is 0 Å². The Morgan fingerprint density at radius 1 is 1.13 bits per heavy atom. The SMILES string of the molecule is Cc1cc2c(cc1C)C(c1cccc(OC(C)C)c1)CC(=O)N2. The van der Waals surface area contributed by atoms with Crippen LogP contribution in [0, 0.1) is 13.8 Å². The molecule has 0 aromatic heterocycles. The molecule has 0 fully saturated rings. The molecule has 2 aromatic rings. The van der Waals surface area contributed by atoms with E-state index in [0.29, 0.717) is 6.42 Å². The van der Waals surface area contributed by atoms with E-state index in [4.69, 9.17) is 4.74 Å². The lowest BCUT2D eigenvalue weighted by molar-refractivity contribution is -0.116. The van der Waals surface area contributed by atoms with Crippen molar-refractivity contribution in [2.24, 2.45) is 0 Å². The van der Waals surface area contributed by atoms with Gasteiger partial charge in [0.05, 0.1) is 6.10 Å². The third-order valence-electron chi connectivity index (χ3n) is 4.34. The molecule has 23 heavy (non-hydrogen) atoms. The largest absolute Gasteiger partial charge is 0.491 e. The zero-order valence-corrected chi connectivity index (χ0v) is 14.1. The zero-order chi connectivity index (χ0) is 16.6. The van der Waals surface area contributed by atoms with E-state index in [0.717, 1.165) is 17.0 Å². The van der Waals surface area contributed by atoms with Crippen LogP contribution in [-0.4, -0.2) is 12.0 Å². The molecule has 0 saturated heterocycles. The normalized spacial score (nSPS) is 16.9. The number of benzene rings is 2. The summed E-state index contributed by atoms with van der Waals surface area (Å²) in [5, 5.41) is 3.00. The smallest absolute Gasteiger partial charge is 0.225 e. The van der Waals surface area contributed by atoms with Crippen molar-refractivity contribution >= 4 is 11.6 Å². The summed E-state index contributed by atoms with van der Waals surface area (Å²) in [6.07, 6.45) is 0.609. The molecule has 1 aliphatic rings. The van der Waals surface area contributed by atoms with Crippen LogP contribution in [0.5, 0.6) is 5.75 Å². The van der Waals surface area contributed by atoms with Crippen LogP contribution in [0.15, 0.2) is 36.4 Å². The third-order valence-corrected chi connectivity index (χ3v) is 4.34. The molecule has 1 aliphatic heterocycles. The van der Waals surface area contributed by atoms with Gasteiger partial charge < -0.3 is 10.1 Å². The van der Waals surface area contributed by atoms with Gasteiger partial charge in [-0.25, -0.2) is 0 Å². The minimum absolute atomic E-state index is 0.0703. The number of aryl methyl sites for hydroxylation is 2. The highest BCUT2D eigenvalue weighted by Gasteiger charge is 2.27. The second-order valence-corrected chi connectivity index (χ2v) is 6.57. The molecule has 2 aromatic carbocycles. The number of ether oxygens (including phenoxy) is 1. The Balaban J connectivity index is 2.04. The maximum atomic E-state index is 12.1. The van der Waals surface area contributed by atoms with Crippen LogP contribution >= 0.6 is 0 Å². The molecule has 0 bridgehead atoms. The number of rotatable bonds is 3. The van der Waals surface area contributed by atoms with Gasteiger partial charge in [-0.3, -0.25) is 4.79 Å². The number of nitrogens with one attached hydrogen (secondary N) is 1. The van der Waals surface area contributed by atoms with Crippen molar-refractivity contribution in [3.63, 3.8) is 0 Å². The van der Waals surface area contributed by atoms with E-state index in [1.165, 1.54) is 16.7 Å². The second kappa shape index (κ2) is 6.07. The van der Waals surface area contributed by atoms with E-state index in [1.807, 2.05) is 26.0 Å². The zero-order valence-electron chi connectivity index (χ0n) is 14.1. The average molecular weight is 309 g/mol. The summed E-state index contributed by atoms with van der Waals surface area (Å²) in [4.78, 5) is 12.1. The van der Waals surface area contributed by atoms with Crippen molar-refractivity contribution in [2.75, 3.05) is 5.32 Å². The molecule has 0 spiro atoms. The Labute approximate surface area is 137 Å². The maximum absolute atomic E-state index is 12.1. The maximum Gasteiger partial charge on any atom is 0.225 e. The molecular formula is C20H23NO2. The fourth-order valence-electron chi connectivity index (χ4n) is 3.11. The molecule has 1 unspecified atom stereocenters. The molecular weight excluding hydrogens is 286 g/mol. The number of amides is 1. The van der Waals surface area contributed by atoms with E-state index in [1.54, 1.807) is 0 Å². The van der Waals surface area contributed by atoms with Gasteiger partial charge >= 0.3 is 0 Å². The Bertz CT molecular complexity index is 749. The van der Waals surface area contributed by atoms with Crippen LogP contribution in [0.2, 0.25) is 0 Å². The molecule has 0 aliphatic carbocycles. The molecule has 3 rings (SSSR count). The number of hydrogen-bond acceptors (Lipinski definition) is 2. The van der Waals surface area contributed by atoms with Crippen LogP contribution in [-0.2, 0) is 4.79 Å². The highest BCUT2D eigenvalue weighted by Crippen LogP contribution is 2.39. The summed E-state index contributed by atoms with van der Waals surface area (Å²) in [5.74, 6) is 1.00. The average Bonchev–Trinajstić information content (AvgIpc) is 2.48. The summed E-state index contributed by atoms with van der Waals surface area (Å²) in [7, 11) is 0. The van der Waals surface area contributed by atoms with Gasteiger partial charge in [-0.05, 0) is 68.1 Å². The van der Waals surface area contributed by atoms with Gasteiger partial charge in [0, 0.05) is 18.0 Å². The molecule has 3 nitrogen and oxygen atoms in total. The molecule has 120 valence electrons. The minimum Gasteiger partial charge on any atom is -0.491 e. The summed E-state index contributed by atoms with van der Waals surface area (Å²) in [6.45, 7) is 8.22. The lowest BCUT2D eigenvalue weighted by Crippen LogP contribution is -2.24. The Morgan fingerprint density at radius 3 is 2.61 bits per heavy atom. The first-order valence-electron chi connectivity index (χ1n) is 8.11. The van der Waals surface area contributed by atoms with Crippen LogP contribution in [0.25, 0.3) is 0 Å². The van der Waals surface area contributed by atoms with Gasteiger partial charge in [-0.1, -0.05) is 18.2 Å². The summed E-state index contributed by atoms with van der Waals surface area (Å²) >= 11 is 0. The minimum atomic E-state index is 0.0703.